The second-order valence-electron chi connectivity index (χ2n) is 6.29. The van der Waals surface area contributed by atoms with Crippen LogP contribution in [-0.2, 0) is 17.8 Å². The smallest absolute Gasteiger partial charge is 0.321 e. The largest absolute Gasteiger partial charge is 0.493 e. The summed E-state index contributed by atoms with van der Waals surface area (Å²) in [5.74, 6) is -0.0553. The topological polar surface area (TPSA) is 74.3 Å². The Morgan fingerprint density at radius 2 is 1.92 bits per heavy atom. The fraction of sp³-hybridized carbons (Fsp3) is 0.286. The third-order valence-corrected chi connectivity index (χ3v) is 4.37. The summed E-state index contributed by atoms with van der Waals surface area (Å²) in [5.41, 5.74) is 2.98. The van der Waals surface area contributed by atoms with Gasteiger partial charge in [0, 0.05) is 35.6 Å². The van der Waals surface area contributed by atoms with Gasteiger partial charge in [0.05, 0.1) is 6.61 Å². The van der Waals surface area contributed by atoms with Crippen molar-refractivity contribution < 1.29 is 14.6 Å². The van der Waals surface area contributed by atoms with E-state index in [4.69, 9.17) is 4.74 Å². The van der Waals surface area contributed by atoms with Crippen LogP contribution in [-0.4, -0.2) is 28.7 Å². The average Bonchev–Trinajstić information content (AvgIpc) is 3.07. The minimum atomic E-state index is -0.859. The molecule has 5 heteroatoms. The Kier molecular flexibility index (Phi) is 5.92. The van der Waals surface area contributed by atoms with E-state index in [1.54, 1.807) is 0 Å². The molecule has 3 aromatic rings. The number of aliphatic carboxylic acids is 1. The number of aromatic amines is 1. The summed E-state index contributed by atoms with van der Waals surface area (Å²) in [7, 11) is 0. The van der Waals surface area contributed by atoms with E-state index in [1.807, 2.05) is 54.7 Å². The maximum absolute atomic E-state index is 11.7. The van der Waals surface area contributed by atoms with Gasteiger partial charge < -0.3 is 14.8 Å². The Balaban J connectivity index is 1.71. The molecular weight excluding hydrogens is 328 g/mol. The molecule has 0 fully saturated rings. The zero-order valence-electron chi connectivity index (χ0n) is 14.9. The minimum Gasteiger partial charge on any atom is -0.493 e. The first-order valence-electron chi connectivity index (χ1n) is 8.91. The SMILES string of the molecule is CCCOc1ccccc1CNC(Cc1c[nH]c2ccccc12)C(=O)O. The number of hydrogen-bond acceptors (Lipinski definition) is 3. The maximum atomic E-state index is 11.7. The van der Waals surface area contributed by atoms with Crippen molar-refractivity contribution in [3.8, 4) is 5.75 Å². The Bertz CT molecular complexity index is 872. The Labute approximate surface area is 153 Å². The molecule has 1 unspecified atom stereocenters. The van der Waals surface area contributed by atoms with Gasteiger partial charge in [-0.15, -0.1) is 0 Å². The van der Waals surface area contributed by atoms with Crippen molar-refractivity contribution in [2.24, 2.45) is 0 Å². The molecule has 0 spiro atoms. The third kappa shape index (κ3) is 4.24. The van der Waals surface area contributed by atoms with Gasteiger partial charge in [-0.1, -0.05) is 43.3 Å². The first-order valence-corrected chi connectivity index (χ1v) is 8.91. The van der Waals surface area contributed by atoms with Gasteiger partial charge in [-0.25, -0.2) is 0 Å². The Morgan fingerprint density at radius 1 is 1.15 bits per heavy atom. The molecule has 0 bridgehead atoms. The molecular formula is C21H24N2O3. The molecule has 0 aliphatic heterocycles. The van der Waals surface area contributed by atoms with E-state index >= 15 is 0 Å². The highest BCUT2D eigenvalue weighted by molar-refractivity contribution is 5.84. The van der Waals surface area contributed by atoms with Gasteiger partial charge in [0.2, 0.25) is 0 Å². The number of nitrogens with one attached hydrogen (secondary N) is 2. The molecule has 0 saturated carbocycles. The van der Waals surface area contributed by atoms with Gasteiger partial charge in [-0.05, 0) is 24.1 Å². The lowest BCUT2D eigenvalue weighted by Gasteiger charge is -2.16. The van der Waals surface area contributed by atoms with Crippen LogP contribution in [0.3, 0.4) is 0 Å². The summed E-state index contributed by atoms with van der Waals surface area (Å²) in [6.07, 6.45) is 3.23. The summed E-state index contributed by atoms with van der Waals surface area (Å²) in [6.45, 7) is 3.15. The predicted octanol–water partition coefficient (Wildman–Crippen LogP) is 3.74. The summed E-state index contributed by atoms with van der Waals surface area (Å²) in [4.78, 5) is 14.9. The van der Waals surface area contributed by atoms with Crippen LogP contribution in [0.1, 0.15) is 24.5 Å². The Morgan fingerprint density at radius 3 is 2.73 bits per heavy atom. The number of ether oxygens (including phenoxy) is 1. The number of fused-ring (bicyclic) bond motifs is 1. The average molecular weight is 352 g/mol. The molecule has 0 aliphatic rings. The lowest BCUT2D eigenvalue weighted by molar-refractivity contribution is -0.139. The van der Waals surface area contributed by atoms with E-state index in [-0.39, 0.29) is 0 Å². The lowest BCUT2D eigenvalue weighted by atomic mass is 10.0. The number of benzene rings is 2. The lowest BCUT2D eigenvalue weighted by Crippen LogP contribution is -2.38. The Hall–Kier alpha value is -2.79. The fourth-order valence-electron chi connectivity index (χ4n) is 3.00. The van der Waals surface area contributed by atoms with Crippen LogP contribution < -0.4 is 10.1 Å². The van der Waals surface area contributed by atoms with Crippen molar-refractivity contribution in [1.29, 1.82) is 0 Å². The van der Waals surface area contributed by atoms with Crippen molar-refractivity contribution in [2.75, 3.05) is 6.61 Å². The number of H-pyrrole nitrogens is 1. The van der Waals surface area contributed by atoms with Gasteiger partial charge in [-0.3, -0.25) is 10.1 Å². The van der Waals surface area contributed by atoms with Crippen molar-refractivity contribution in [1.82, 2.24) is 10.3 Å². The standard InChI is InChI=1S/C21H24N2O3/c1-2-11-26-20-10-6-3-7-15(20)13-23-19(21(24)25)12-16-14-22-18-9-5-4-8-17(16)18/h3-10,14,19,22-23H,2,11-13H2,1H3,(H,24,25). The molecule has 26 heavy (non-hydrogen) atoms. The van der Waals surface area contributed by atoms with Gasteiger partial charge in [0.1, 0.15) is 11.8 Å². The molecule has 0 radical (unpaired) electrons. The zero-order valence-corrected chi connectivity index (χ0v) is 14.9. The number of rotatable bonds is 9. The molecule has 2 aromatic carbocycles. The normalized spacial score (nSPS) is 12.2. The van der Waals surface area contributed by atoms with Crippen molar-refractivity contribution >= 4 is 16.9 Å². The van der Waals surface area contributed by atoms with E-state index in [1.165, 1.54) is 0 Å². The highest BCUT2D eigenvalue weighted by atomic mass is 16.5. The number of aromatic nitrogens is 1. The van der Waals surface area contributed by atoms with E-state index in [0.29, 0.717) is 19.6 Å². The highest BCUT2D eigenvalue weighted by Gasteiger charge is 2.19. The van der Waals surface area contributed by atoms with Crippen LogP contribution in [0, 0.1) is 0 Å². The van der Waals surface area contributed by atoms with Gasteiger partial charge in [-0.2, -0.15) is 0 Å². The molecule has 3 rings (SSSR count). The molecule has 1 atom stereocenters. The number of hydrogen-bond donors (Lipinski definition) is 3. The summed E-state index contributed by atoms with van der Waals surface area (Å²) in [6, 6.07) is 15.0. The van der Waals surface area contributed by atoms with E-state index in [0.717, 1.165) is 34.2 Å². The second kappa shape index (κ2) is 8.54. The molecule has 136 valence electrons. The number of para-hydroxylation sites is 2. The van der Waals surface area contributed by atoms with Crippen LogP contribution in [0.5, 0.6) is 5.75 Å². The number of carbonyl (C=O) groups is 1. The summed E-state index contributed by atoms with van der Waals surface area (Å²) >= 11 is 0. The van der Waals surface area contributed by atoms with Crippen molar-refractivity contribution in [3.05, 3.63) is 65.9 Å². The molecule has 0 amide bonds. The van der Waals surface area contributed by atoms with Crippen LogP contribution in [0.25, 0.3) is 10.9 Å². The van der Waals surface area contributed by atoms with Crippen LogP contribution >= 0.6 is 0 Å². The van der Waals surface area contributed by atoms with Crippen molar-refractivity contribution in [2.45, 2.75) is 32.4 Å². The van der Waals surface area contributed by atoms with Crippen LogP contribution in [0.4, 0.5) is 0 Å². The first kappa shape index (κ1) is 18.0. The quantitative estimate of drug-likeness (QED) is 0.548. The number of carboxylic acid groups (broad SMARTS) is 1. The van der Waals surface area contributed by atoms with E-state index in [2.05, 4.69) is 17.2 Å². The summed E-state index contributed by atoms with van der Waals surface area (Å²) in [5, 5.41) is 13.9. The van der Waals surface area contributed by atoms with E-state index in [9.17, 15) is 9.90 Å². The van der Waals surface area contributed by atoms with Gasteiger partial charge >= 0.3 is 5.97 Å². The highest BCUT2D eigenvalue weighted by Crippen LogP contribution is 2.21. The van der Waals surface area contributed by atoms with Gasteiger partial charge in [0.15, 0.2) is 0 Å². The maximum Gasteiger partial charge on any atom is 0.321 e. The van der Waals surface area contributed by atoms with Gasteiger partial charge in [0.25, 0.3) is 0 Å². The minimum absolute atomic E-state index is 0.414. The molecule has 3 N–H and O–H groups in total. The van der Waals surface area contributed by atoms with Crippen LogP contribution in [0.2, 0.25) is 0 Å². The molecule has 1 heterocycles. The first-order chi connectivity index (χ1) is 12.7. The molecule has 0 saturated heterocycles. The fourth-order valence-corrected chi connectivity index (χ4v) is 3.00. The van der Waals surface area contributed by atoms with Crippen molar-refractivity contribution in [3.63, 3.8) is 0 Å². The number of carboxylic acids is 1. The zero-order chi connectivity index (χ0) is 18.4. The molecule has 0 aliphatic carbocycles. The van der Waals surface area contributed by atoms with Crippen LogP contribution in [0.15, 0.2) is 54.7 Å². The summed E-state index contributed by atoms with van der Waals surface area (Å²) < 4.78 is 5.75. The molecule has 1 aromatic heterocycles. The monoisotopic (exact) mass is 352 g/mol. The third-order valence-electron chi connectivity index (χ3n) is 4.37. The van der Waals surface area contributed by atoms with E-state index < -0.39 is 12.0 Å². The second-order valence-corrected chi connectivity index (χ2v) is 6.29. The predicted molar refractivity (Wildman–Crippen MR) is 102 cm³/mol. The molecule has 5 nitrogen and oxygen atoms in total.